The van der Waals surface area contributed by atoms with Crippen LogP contribution in [0.25, 0.3) is 0 Å². The summed E-state index contributed by atoms with van der Waals surface area (Å²) in [5, 5.41) is 11.5. The van der Waals surface area contributed by atoms with Gasteiger partial charge in [0.2, 0.25) is 0 Å². The van der Waals surface area contributed by atoms with Crippen LogP contribution in [0.2, 0.25) is 0 Å². The molecule has 1 aromatic heterocycles. The number of carbonyl (C=O) groups is 2. The maximum atomic E-state index is 12.3. The van der Waals surface area contributed by atoms with E-state index in [4.69, 9.17) is 5.11 Å². The van der Waals surface area contributed by atoms with Crippen molar-refractivity contribution < 1.29 is 14.7 Å². The number of amides is 1. The minimum atomic E-state index is -0.978. The van der Waals surface area contributed by atoms with Crippen LogP contribution in [0.3, 0.4) is 0 Å². The summed E-state index contributed by atoms with van der Waals surface area (Å²) in [7, 11) is 0. The van der Waals surface area contributed by atoms with Crippen molar-refractivity contribution in [3.05, 3.63) is 16.1 Å². The molecular formula is C13H18N2O3S. The van der Waals surface area contributed by atoms with Crippen molar-refractivity contribution in [2.75, 3.05) is 13.1 Å². The molecule has 0 spiro atoms. The highest BCUT2D eigenvalue weighted by atomic mass is 32.1. The molecule has 2 rings (SSSR count). The largest absolute Gasteiger partial charge is 0.480 e. The number of nitrogens with zero attached hydrogens (tertiary/aromatic N) is 2. The summed E-state index contributed by atoms with van der Waals surface area (Å²) in [6.45, 7) is 4.32. The lowest BCUT2D eigenvalue weighted by atomic mass is 10.2. The number of carboxylic acid groups (broad SMARTS) is 1. The van der Waals surface area contributed by atoms with Crippen molar-refractivity contribution in [3.63, 3.8) is 0 Å². The zero-order chi connectivity index (χ0) is 14.0. The SMILES string of the molecule is CC(C)c1nc(C(=O)N(CC(=O)O)CC2CC2)cs1. The number of aliphatic carboxylic acids is 1. The summed E-state index contributed by atoms with van der Waals surface area (Å²) < 4.78 is 0. The van der Waals surface area contributed by atoms with E-state index in [-0.39, 0.29) is 18.4 Å². The Kier molecular flexibility index (Phi) is 4.19. The summed E-state index contributed by atoms with van der Waals surface area (Å²) in [6, 6.07) is 0. The normalized spacial score (nSPS) is 14.7. The molecule has 1 fully saturated rings. The quantitative estimate of drug-likeness (QED) is 0.868. The predicted octanol–water partition coefficient (Wildman–Crippen LogP) is 2.20. The van der Waals surface area contributed by atoms with Gasteiger partial charge in [-0.2, -0.15) is 0 Å². The number of hydrogen-bond donors (Lipinski definition) is 1. The molecule has 1 saturated carbocycles. The van der Waals surface area contributed by atoms with Crippen LogP contribution in [0.15, 0.2) is 5.38 Å². The lowest BCUT2D eigenvalue weighted by Gasteiger charge is -2.19. The maximum absolute atomic E-state index is 12.3. The molecule has 6 heteroatoms. The number of thiazole rings is 1. The standard InChI is InChI=1S/C13H18N2O3S/c1-8(2)12-14-10(7-19-12)13(18)15(6-11(16)17)5-9-3-4-9/h7-9H,3-6H2,1-2H3,(H,16,17). The van der Waals surface area contributed by atoms with Gasteiger partial charge in [-0.25, -0.2) is 4.98 Å². The maximum Gasteiger partial charge on any atom is 0.323 e. The number of hydrogen-bond acceptors (Lipinski definition) is 4. The Balaban J connectivity index is 2.09. The summed E-state index contributed by atoms with van der Waals surface area (Å²) in [5.74, 6) is -0.500. The van der Waals surface area contributed by atoms with Gasteiger partial charge < -0.3 is 10.0 Å². The third-order valence-electron chi connectivity index (χ3n) is 3.02. The van der Waals surface area contributed by atoms with Gasteiger partial charge >= 0.3 is 5.97 Å². The van der Waals surface area contributed by atoms with Crippen molar-refractivity contribution in [2.24, 2.45) is 5.92 Å². The molecule has 0 atom stereocenters. The smallest absolute Gasteiger partial charge is 0.323 e. The van der Waals surface area contributed by atoms with E-state index in [0.717, 1.165) is 17.8 Å². The second-order valence-electron chi connectivity index (χ2n) is 5.25. The Morgan fingerprint density at radius 3 is 2.68 bits per heavy atom. The molecule has 0 aromatic carbocycles. The van der Waals surface area contributed by atoms with E-state index >= 15 is 0 Å². The van der Waals surface area contributed by atoms with Crippen molar-refractivity contribution >= 4 is 23.2 Å². The molecule has 0 aliphatic heterocycles. The van der Waals surface area contributed by atoms with Gasteiger partial charge in [0.15, 0.2) is 0 Å². The van der Waals surface area contributed by atoms with E-state index in [9.17, 15) is 9.59 Å². The summed E-state index contributed by atoms with van der Waals surface area (Å²) in [4.78, 5) is 28.8. The third-order valence-corrected chi connectivity index (χ3v) is 4.17. The van der Waals surface area contributed by atoms with Gasteiger partial charge in [0.1, 0.15) is 12.2 Å². The molecule has 0 unspecified atom stereocenters. The van der Waals surface area contributed by atoms with Crippen LogP contribution in [0, 0.1) is 5.92 Å². The minimum Gasteiger partial charge on any atom is -0.480 e. The van der Waals surface area contributed by atoms with Crippen LogP contribution in [0.4, 0.5) is 0 Å². The van der Waals surface area contributed by atoms with Gasteiger partial charge in [-0.15, -0.1) is 11.3 Å². The van der Waals surface area contributed by atoms with E-state index in [0.29, 0.717) is 18.2 Å². The van der Waals surface area contributed by atoms with Gasteiger partial charge in [0.05, 0.1) is 5.01 Å². The summed E-state index contributed by atoms with van der Waals surface area (Å²) in [5.41, 5.74) is 0.371. The predicted molar refractivity (Wildman–Crippen MR) is 72.5 cm³/mol. The molecular weight excluding hydrogens is 264 g/mol. The molecule has 0 saturated heterocycles. The Hall–Kier alpha value is -1.43. The average molecular weight is 282 g/mol. The number of carboxylic acids is 1. The van der Waals surface area contributed by atoms with Crippen LogP contribution in [0.1, 0.15) is 48.1 Å². The van der Waals surface area contributed by atoms with E-state index < -0.39 is 5.97 Å². The second kappa shape index (κ2) is 5.69. The molecule has 19 heavy (non-hydrogen) atoms. The van der Waals surface area contributed by atoms with Gasteiger partial charge in [-0.1, -0.05) is 13.8 Å². The van der Waals surface area contributed by atoms with Crippen molar-refractivity contribution in [1.29, 1.82) is 0 Å². The molecule has 1 amide bonds. The Bertz CT molecular complexity index is 480. The lowest BCUT2D eigenvalue weighted by Crippen LogP contribution is -2.37. The first kappa shape index (κ1) is 14.0. The van der Waals surface area contributed by atoms with Gasteiger partial charge in [-0.3, -0.25) is 9.59 Å². The fraction of sp³-hybridized carbons (Fsp3) is 0.615. The lowest BCUT2D eigenvalue weighted by molar-refractivity contribution is -0.137. The molecule has 1 N–H and O–H groups in total. The first-order valence-electron chi connectivity index (χ1n) is 6.44. The van der Waals surface area contributed by atoms with E-state index in [1.807, 2.05) is 13.8 Å². The molecule has 5 nitrogen and oxygen atoms in total. The Morgan fingerprint density at radius 1 is 1.53 bits per heavy atom. The first-order valence-corrected chi connectivity index (χ1v) is 7.31. The third kappa shape index (κ3) is 3.76. The van der Waals surface area contributed by atoms with E-state index in [1.165, 1.54) is 16.2 Å². The van der Waals surface area contributed by atoms with Crippen LogP contribution in [-0.4, -0.2) is 40.0 Å². The molecule has 104 valence electrons. The monoisotopic (exact) mass is 282 g/mol. The van der Waals surface area contributed by atoms with E-state index in [1.54, 1.807) is 5.38 Å². The van der Waals surface area contributed by atoms with Crippen molar-refractivity contribution in [2.45, 2.75) is 32.6 Å². The highest BCUT2D eigenvalue weighted by Gasteiger charge is 2.29. The van der Waals surface area contributed by atoms with Crippen molar-refractivity contribution in [1.82, 2.24) is 9.88 Å². The van der Waals surface area contributed by atoms with Crippen LogP contribution in [0.5, 0.6) is 0 Å². The first-order chi connectivity index (χ1) is 8.97. The minimum absolute atomic E-state index is 0.246. The van der Waals surface area contributed by atoms with Crippen molar-refractivity contribution in [3.8, 4) is 0 Å². The zero-order valence-corrected chi connectivity index (χ0v) is 11.9. The van der Waals surface area contributed by atoms with Gasteiger partial charge in [0, 0.05) is 17.8 Å². The molecule has 0 bridgehead atoms. The molecule has 0 radical (unpaired) electrons. The number of aromatic nitrogens is 1. The summed E-state index contributed by atoms with van der Waals surface area (Å²) >= 11 is 1.45. The summed E-state index contributed by atoms with van der Waals surface area (Å²) in [6.07, 6.45) is 2.16. The zero-order valence-electron chi connectivity index (χ0n) is 11.1. The number of rotatable bonds is 6. The average Bonchev–Trinajstić information content (AvgIpc) is 3.00. The fourth-order valence-electron chi connectivity index (χ4n) is 1.81. The van der Waals surface area contributed by atoms with Gasteiger partial charge in [0.25, 0.3) is 5.91 Å². The Morgan fingerprint density at radius 2 is 2.21 bits per heavy atom. The number of carbonyl (C=O) groups excluding carboxylic acids is 1. The molecule has 1 heterocycles. The Labute approximate surface area is 116 Å². The highest BCUT2D eigenvalue weighted by Crippen LogP contribution is 2.30. The van der Waals surface area contributed by atoms with Gasteiger partial charge in [-0.05, 0) is 18.8 Å². The van der Waals surface area contributed by atoms with Crippen LogP contribution in [-0.2, 0) is 4.79 Å². The molecule has 1 aliphatic rings. The van der Waals surface area contributed by atoms with Crippen LogP contribution >= 0.6 is 11.3 Å². The van der Waals surface area contributed by atoms with E-state index in [2.05, 4.69) is 4.98 Å². The van der Waals surface area contributed by atoms with Crippen LogP contribution < -0.4 is 0 Å². The fourth-order valence-corrected chi connectivity index (χ4v) is 2.62. The molecule has 1 aliphatic carbocycles. The highest BCUT2D eigenvalue weighted by molar-refractivity contribution is 7.09. The molecule has 1 aromatic rings. The second-order valence-corrected chi connectivity index (χ2v) is 6.14. The topological polar surface area (TPSA) is 70.5 Å².